The first-order valence-electron chi connectivity index (χ1n) is 10.6. The third-order valence-electron chi connectivity index (χ3n) is 6.12. The summed E-state index contributed by atoms with van der Waals surface area (Å²) in [4.78, 5) is 11.3. The summed E-state index contributed by atoms with van der Waals surface area (Å²) >= 11 is 0. The molecule has 0 atom stereocenters. The highest BCUT2D eigenvalue weighted by Gasteiger charge is 2.41. The molecule has 31 heavy (non-hydrogen) atoms. The largest absolute Gasteiger partial charge is 0.396 e. The zero-order valence-corrected chi connectivity index (χ0v) is 17.7. The number of nitrogens with zero attached hydrogens (tertiary/aromatic N) is 4. The Morgan fingerprint density at radius 2 is 1.87 bits per heavy atom. The van der Waals surface area contributed by atoms with Crippen molar-refractivity contribution in [3.63, 3.8) is 0 Å². The van der Waals surface area contributed by atoms with E-state index in [0.29, 0.717) is 85.1 Å². The molecule has 1 spiro atoms. The molecule has 4 heterocycles. The van der Waals surface area contributed by atoms with Crippen LogP contribution in [-0.2, 0) is 15.9 Å². The van der Waals surface area contributed by atoms with Crippen molar-refractivity contribution in [3.8, 4) is 11.5 Å². The predicted molar refractivity (Wildman–Crippen MR) is 111 cm³/mol. The minimum atomic E-state index is -0.520. The van der Waals surface area contributed by atoms with Crippen molar-refractivity contribution < 1.29 is 23.5 Å². The third-order valence-corrected chi connectivity index (χ3v) is 6.12. The van der Waals surface area contributed by atoms with Gasteiger partial charge in [-0.1, -0.05) is 5.16 Å². The number of pyridine rings is 1. The number of piperidine rings is 1. The molecule has 2 fully saturated rings. The number of rotatable bonds is 4. The molecule has 164 valence electrons. The molecule has 0 bridgehead atoms. The summed E-state index contributed by atoms with van der Waals surface area (Å²) in [6.07, 6.45) is 1.77. The Balaban J connectivity index is 1.64. The monoisotopic (exact) mass is 428 g/mol. The van der Waals surface area contributed by atoms with E-state index in [1.165, 1.54) is 6.07 Å². The number of benzene rings is 1. The minimum absolute atomic E-state index is 0.0507. The summed E-state index contributed by atoms with van der Waals surface area (Å²) in [6.45, 7) is 6.16. The van der Waals surface area contributed by atoms with E-state index in [2.05, 4.69) is 15.0 Å². The summed E-state index contributed by atoms with van der Waals surface area (Å²) in [5.74, 6) is 0.575. The van der Waals surface area contributed by atoms with Gasteiger partial charge in [-0.2, -0.15) is 4.98 Å². The fourth-order valence-electron chi connectivity index (χ4n) is 4.52. The van der Waals surface area contributed by atoms with E-state index in [1.54, 1.807) is 6.92 Å². The number of aliphatic hydroxyl groups is 1. The summed E-state index contributed by atoms with van der Waals surface area (Å²) in [5.41, 5.74) is 2.53. The number of halogens is 1. The second kappa shape index (κ2) is 7.81. The second-order valence-corrected chi connectivity index (χ2v) is 8.12. The van der Waals surface area contributed by atoms with Crippen LogP contribution in [0.2, 0.25) is 0 Å². The van der Waals surface area contributed by atoms with Crippen molar-refractivity contribution in [1.82, 2.24) is 15.1 Å². The van der Waals surface area contributed by atoms with Gasteiger partial charge in [-0.05, 0) is 43.5 Å². The molecule has 1 aromatic carbocycles. The quantitative estimate of drug-likeness (QED) is 0.678. The average molecular weight is 428 g/mol. The van der Waals surface area contributed by atoms with Crippen LogP contribution in [0.1, 0.15) is 29.8 Å². The number of aromatic nitrogens is 3. The number of hydrogen-bond donors (Lipinski definition) is 1. The molecule has 2 saturated heterocycles. The van der Waals surface area contributed by atoms with Gasteiger partial charge in [0.05, 0.1) is 18.8 Å². The van der Waals surface area contributed by atoms with Gasteiger partial charge in [-0.25, -0.2) is 9.37 Å². The van der Waals surface area contributed by atoms with Gasteiger partial charge >= 0.3 is 0 Å². The number of aryl methyl sites for hydroxylation is 2. The third kappa shape index (κ3) is 3.56. The van der Waals surface area contributed by atoms with E-state index in [9.17, 15) is 5.11 Å². The molecule has 0 saturated carbocycles. The van der Waals surface area contributed by atoms with E-state index < -0.39 is 11.6 Å². The average Bonchev–Trinajstić information content (AvgIpc) is 3.39. The lowest BCUT2D eigenvalue weighted by Crippen LogP contribution is -2.45. The molecule has 9 heteroatoms. The zero-order valence-electron chi connectivity index (χ0n) is 17.7. The van der Waals surface area contributed by atoms with Gasteiger partial charge in [0.25, 0.3) is 5.89 Å². The van der Waals surface area contributed by atoms with Crippen LogP contribution in [0.5, 0.6) is 0 Å². The number of aliphatic hydroxyl groups excluding tert-OH is 1. The van der Waals surface area contributed by atoms with Gasteiger partial charge in [0.2, 0.25) is 0 Å². The minimum Gasteiger partial charge on any atom is -0.396 e. The summed E-state index contributed by atoms with van der Waals surface area (Å²) in [5, 5.41) is 13.9. The number of ether oxygens (including phenoxy) is 2. The van der Waals surface area contributed by atoms with Crippen molar-refractivity contribution in [3.05, 3.63) is 34.9 Å². The van der Waals surface area contributed by atoms with Gasteiger partial charge in [-0.3, -0.25) is 0 Å². The Morgan fingerprint density at radius 1 is 1.13 bits per heavy atom. The Morgan fingerprint density at radius 3 is 2.52 bits per heavy atom. The molecule has 0 aliphatic carbocycles. The Kier molecular flexibility index (Phi) is 5.11. The Hall–Kier alpha value is -2.62. The van der Waals surface area contributed by atoms with Crippen LogP contribution in [0.25, 0.3) is 22.4 Å². The Labute approximate surface area is 179 Å². The topological polar surface area (TPSA) is 93.7 Å². The van der Waals surface area contributed by atoms with E-state index in [1.807, 2.05) is 13.0 Å². The lowest BCUT2D eigenvalue weighted by atomic mass is 9.98. The molecule has 3 aromatic rings. The lowest BCUT2D eigenvalue weighted by Gasteiger charge is -2.38. The number of anilines is 1. The molecular formula is C22H25FN4O4. The molecule has 8 nitrogen and oxygen atoms in total. The molecule has 0 unspecified atom stereocenters. The first kappa shape index (κ1) is 20.3. The van der Waals surface area contributed by atoms with Crippen LogP contribution in [0.15, 0.2) is 16.7 Å². The summed E-state index contributed by atoms with van der Waals surface area (Å²) in [7, 11) is 0. The predicted octanol–water partition coefficient (Wildman–Crippen LogP) is 2.92. The maximum absolute atomic E-state index is 15.0. The first-order chi connectivity index (χ1) is 15.0. The van der Waals surface area contributed by atoms with E-state index in [4.69, 9.17) is 19.0 Å². The molecule has 0 amide bonds. The van der Waals surface area contributed by atoms with Crippen LogP contribution in [0, 0.1) is 19.7 Å². The van der Waals surface area contributed by atoms with Crippen molar-refractivity contribution >= 4 is 16.7 Å². The summed E-state index contributed by atoms with van der Waals surface area (Å²) in [6, 6.07) is 3.32. The molecule has 2 aromatic heterocycles. The van der Waals surface area contributed by atoms with Crippen LogP contribution in [0.4, 0.5) is 10.2 Å². The standard InChI is InChI=1S/C22H25FN4O4/c1-13-16-11-15(3-8-28)12-17(23)19(16)25-20(18(13)21-24-14(2)26-31-21)27-6-4-22(5-7-27)29-9-10-30-22/h11-12,28H,3-10H2,1-2H3. The van der Waals surface area contributed by atoms with Crippen LogP contribution in [0.3, 0.4) is 0 Å². The smallest absolute Gasteiger partial charge is 0.261 e. The second-order valence-electron chi connectivity index (χ2n) is 8.12. The fourth-order valence-corrected chi connectivity index (χ4v) is 4.52. The normalized spacial score (nSPS) is 18.4. The number of fused-ring (bicyclic) bond motifs is 1. The fraction of sp³-hybridized carbons (Fsp3) is 0.500. The van der Waals surface area contributed by atoms with Crippen molar-refractivity contribution in [2.24, 2.45) is 0 Å². The molecule has 1 N–H and O–H groups in total. The molecule has 2 aliphatic heterocycles. The molecule has 0 radical (unpaired) electrons. The van der Waals surface area contributed by atoms with Gasteiger partial charge in [-0.15, -0.1) is 0 Å². The highest BCUT2D eigenvalue weighted by Crippen LogP contribution is 2.40. The van der Waals surface area contributed by atoms with E-state index >= 15 is 4.39 Å². The maximum atomic E-state index is 15.0. The van der Waals surface area contributed by atoms with Gasteiger partial charge in [0, 0.05) is 37.9 Å². The van der Waals surface area contributed by atoms with Crippen molar-refractivity contribution in [1.29, 1.82) is 0 Å². The first-order valence-corrected chi connectivity index (χ1v) is 10.6. The van der Waals surface area contributed by atoms with Crippen molar-refractivity contribution in [2.45, 2.75) is 38.9 Å². The molecular weight excluding hydrogens is 403 g/mol. The lowest BCUT2D eigenvalue weighted by molar-refractivity contribution is -0.169. The zero-order chi connectivity index (χ0) is 21.6. The maximum Gasteiger partial charge on any atom is 0.261 e. The van der Waals surface area contributed by atoms with E-state index in [-0.39, 0.29) is 6.61 Å². The van der Waals surface area contributed by atoms with Crippen LogP contribution >= 0.6 is 0 Å². The van der Waals surface area contributed by atoms with Crippen LogP contribution in [-0.4, -0.2) is 58.9 Å². The summed E-state index contributed by atoms with van der Waals surface area (Å²) < 4.78 is 32.2. The van der Waals surface area contributed by atoms with Crippen LogP contribution < -0.4 is 4.90 Å². The van der Waals surface area contributed by atoms with Crippen molar-refractivity contribution in [2.75, 3.05) is 37.8 Å². The van der Waals surface area contributed by atoms with Gasteiger partial charge < -0.3 is 24.0 Å². The highest BCUT2D eigenvalue weighted by molar-refractivity contribution is 5.93. The van der Waals surface area contributed by atoms with Gasteiger partial charge in [0.1, 0.15) is 17.2 Å². The number of hydrogen-bond acceptors (Lipinski definition) is 8. The SMILES string of the molecule is Cc1noc(-c2c(N3CCC4(CC3)OCCO4)nc3c(F)cc(CCO)cc3c2C)n1. The van der Waals surface area contributed by atoms with Gasteiger partial charge in [0.15, 0.2) is 11.6 Å². The molecule has 2 aliphatic rings. The molecule has 5 rings (SSSR count). The highest BCUT2D eigenvalue weighted by atomic mass is 19.1. The Bertz CT molecular complexity index is 1120. The van der Waals surface area contributed by atoms with E-state index in [0.717, 1.165) is 5.56 Å².